The summed E-state index contributed by atoms with van der Waals surface area (Å²) < 4.78 is 5.15. The van der Waals surface area contributed by atoms with Crippen LogP contribution in [0.3, 0.4) is 0 Å². The van der Waals surface area contributed by atoms with Gasteiger partial charge in [-0.3, -0.25) is 4.79 Å². The summed E-state index contributed by atoms with van der Waals surface area (Å²) in [5.74, 6) is 0.512. The van der Waals surface area contributed by atoms with Crippen LogP contribution >= 0.6 is 0 Å². The van der Waals surface area contributed by atoms with Crippen LogP contribution in [0, 0.1) is 0 Å². The molecule has 2 heterocycles. The lowest BCUT2D eigenvalue weighted by Gasteiger charge is -2.06. The number of nitrogens with zero attached hydrogens (tertiary/aromatic N) is 1. The first-order valence-corrected chi connectivity index (χ1v) is 6.80. The topological polar surface area (TPSA) is 67.2 Å². The number of carbonyl (C=O) groups is 1. The Morgan fingerprint density at radius 3 is 2.90 bits per heavy atom. The molecule has 2 rings (SSSR count). The molecule has 2 aromatic rings. The summed E-state index contributed by atoms with van der Waals surface area (Å²) >= 11 is 0. The van der Waals surface area contributed by atoms with Crippen molar-refractivity contribution in [1.82, 2.24) is 10.3 Å². The lowest BCUT2D eigenvalue weighted by molar-refractivity contribution is 0.0943. The van der Waals surface area contributed by atoms with Crippen molar-refractivity contribution >= 4 is 11.6 Å². The van der Waals surface area contributed by atoms with Crippen LogP contribution in [0.4, 0.5) is 5.69 Å². The van der Waals surface area contributed by atoms with Crippen LogP contribution in [0.2, 0.25) is 0 Å². The Bertz CT molecular complexity index is 521. The largest absolute Gasteiger partial charge is 0.467 e. The zero-order valence-electron chi connectivity index (χ0n) is 11.6. The molecular formula is C15H19N3O2. The van der Waals surface area contributed by atoms with Crippen LogP contribution in [-0.4, -0.2) is 17.4 Å². The molecule has 106 valence electrons. The summed E-state index contributed by atoms with van der Waals surface area (Å²) in [6.45, 7) is 3.43. The molecule has 2 aromatic heterocycles. The molecule has 1 amide bonds. The van der Waals surface area contributed by atoms with Gasteiger partial charge in [0.15, 0.2) is 0 Å². The van der Waals surface area contributed by atoms with E-state index in [-0.39, 0.29) is 5.91 Å². The number of hydrogen-bond donors (Lipinski definition) is 2. The van der Waals surface area contributed by atoms with Crippen molar-refractivity contribution in [3.05, 3.63) is 48.2 Å². The maximum Gasteiger partial charge on any atom is 0.270 e. The minimum Gasteiger partial charge on any atom is -0.467 e. The number of hydrogen-bond acceptors (Lipinski definition) is 4. The predicted molar refractivity (Wildman–Crippen MR) is 77.5 cm³/mol. The summed E-state index contributed by atoms with van der Waals surface area (Å²) in [7, 11) is 0. The monoisotopic (exact) mass is 273 g/mol. The maximum atomic E-state index is 11.9. The average Bonchev–Trinajstić information content (AvgIpc) is 2.99. The lowest BCUT2D eigenvalue weighted by Crippen LogP contribution is -2.23. The highest BCUT2D eigenvalue weighted by molar-refractivity contribution is 5.92. The van der Waals surface area contributed by atoms with Gasteiger partial charge in [0.1, 0.15) is 11.5 Å². The molecule has 0 atom stereocenters. The van der Waals surface area contributed by atoms with E-state index in [9.17, 15) is 4.79 Å². The molecule has 0 aliphatic rings. The highest BCUT2D eigenvalue weighted by atomic mass is 16.3. The summed E-state index contributed by atoms with van der Waals surface area (Å²) in [6, 6.07) is 7.18. The Kier molecular flexibility index (Phi) is 5.17. The molecule has 0 radical (unpaired) electrons. The van der Waals surface area contributed by atoms with Crippen molar-refractivity contribution in [1.29, 1.82) is 0 Å². The normalized spacial score (nSPS) is 10.2. The van der Waals surface area contributed by atoms with Crippen LogP contribution < -0.4 is 10.6 Å². The molecule has 0 aliphatic heterocycles. The van der Waals surface area contributed by atoms with E-state index in [4.69, 9.17) is 4.42 Å². The summed E-state index contributed by atoms with van der Waals surface area (Å²) in [4.78, 5) is 16.0. The summed E-state index contributed by atoms with van der Waals surface area (Å²) in [5, 5.41) is 6.01. The summed E-state index contributed by atoms with van der Waals surface area (Å²) in [6.07, 6.45) is 5.52. The highest BCUT2D eigenvalue weighted by Crippen LogP contribution is 2.07. The smallest absolute Gasteiger partial charge is 0.270 e. The zero-order chi connectivity index (χ0) is 14.2. The van der Waals surface area contributed by atoms with Crippen LogP contribution in [0.15, 0.2) is 41.1 Å². The predicted octanol–water partition coefficient (Wildman–Crippen LogP) is 2.82. The van der Waals surface area contributed by atoms with Crippen molar-refractivity contribution in [2.45, 2.75) is 26.3 Å². The standard InChI is InChI=1S/C15H19N3O2/c1-2-3-8-16-12-6-7-14(17-10-12)15(19)18-11-13-5-4-9-20-13/h4-7,9-10,16H,2-3,8,11H2,1H3,(H,18,19). The van der Waals surface area contributed by atoms with Crippen LogP contribution in [0.25, 0.3) is 0 Å². The van der Waals surface area contributed by atoms with E-state index in [1.807, 2.05) is 12.1 Å². The number of carbonyl (C=O) groups excluding carboxylic acids is 1. The Morgan fingerprint density at radius 1 is 1.35 bits per heavy atom. The van der Waals surface area contributed by atoms with Crippen molar-refractivity contribution in [2.75, 3.05) is 11.9 Å². The second-order valence-corrected chi connectivity index (χ2v) is 4.47. The van der Waals surface area contributed by atoms with Crippen LogP contribution in [0.1, 0.15) is 36.0 Å². The fourth-order valence-electron chi connectivity index (χ4n) is 1.71. The Labute approximate surface area is 118 Å². The van der Waals surface area contributed by atoms with Gasteiger partial charge in [0, 0.05) is 6.54 Å². The van der Waals surface area contributed by atoms with E-state index < -0.39 is 0 Å². The Morgan fingerprint density at radius 2 is 2.25 bits per heavy atom. The van der Waals surface area contributed by atoms with Gasteiger partial charge >= 0.3 is 0 Å². The first-order valence-electron chi connectivity index (χ1n) is 6.80. The Hall–Kier alpha value is -2.30. The van der Waals surface area contributed by atoms with Crippen molar-refractivity contribution < 1.29 is 9.21 Å². The third-order valence-electron chi connectivity index (χ3n) is 2.86. The van der Waals surface area contributed by atoms with Gasteiger partial charge in [0.2, 0.25) is 0 Å². The number of nitrogens with one attached hydrogen (secondary N) is 2. The van der Waals surface area contributed by atoms with Crippen molar-refractivity contribution in [3.8, 4) is 0 Å². The van der Waals surface area contributed by atoms with E-state index in [2.05, 4.69) is 22.5 Å². The Balaban J connectivity index is 1.84. The molecular weight excluding hydrogens is 254 g/mol. The van der Waals surface area contributed by atoms with Gasteiger partial charge in [-0.05, 0) is 30.7 Å². The molecule has 0 saturated heterocycles. The van der Waals surface area contributed by atoms with Gasteiger partial charge in [-0.25, -0.2) is 4.98 Å². The van der Waals surface area contributed by atoms with Crippen LogP contribution in [0.5, 0.6) is 0 Å². The van der Waals surface area contributed by atoms with Crippen LogP contribution in [-0.2, 0) is 6.54 Å². The molecule has 5 nitrogen and oxygen atoms in total. The molecule has 2 N–H and O–H groups in total. The first kappa shape index (κ1) is 14.1. The highest BCUT2D eigenvalue weighted by Gasteiger charge is 2.07. The number of amides is 1. The van der Waals surface area contributed by atoms with E-state index in [1.54, 1.807) is 24.6 Å². The fourth-order valence-corrected chi connectivity index (χ4v) is 1.71. The summed E-state index contributed by atoms with van der Waals surface area (Å²) in [5.41, 5.74) is 1.33. The van der Waals surface area contributed by atoms with Gasteiger partial charge in [0.25, 0.3) is 5.91 Å². The number of unbranched alkanes of at least 4 members (excludes halogenated alkanes) is 1. The minimum atomic E-state index is -0.207. The number of pyridine rings is 1. The zero-order valence-corrected chi connectivity index (χ0v) is 11.6. The van der Waals surface area contributed by atoms with Gasteiger partial charge in [0.05, 0.1) is 24.7 Å². The molecule has 20 heavy (non-hydrogen) atoms. The number of aromatic nitrogens is 1. The second-order valence-electron chi connectivity index (χ2n) is 4.47. The number of anilines is 1. The molecule has 0 saturated carbocycles. The molecule has 0 aliphatic carbocycles. The molecule has 0 unspecified atom stereocenters. The fraction of sp³-hybridized carbons (Fsp3) is 0.333. The van der Waals surface area contributed by atoms with Crippen molar-refractivity contribution in [3.63, 3.8) is 0 Å². The third kappa shape index (κ3) is 4.12. The molecule has 0 spiro atoms. The van der Waals surface area contributed by atoms with E-state index in [1.165, 1.54) is 0 Å². The van der Waals surface area contributed by atoms with E-state index in [0.717, 1.165) is 30.8 Å². The van der Waals surface area contributed by atoms with Crippen molar-refractivity contribution in [2.24, 2.45) is 0 Å². The van der Waals surface area contributed by atoms with Gasteiger partial charge < -0.3 is 15.1 Å². The third-order valence-corrected chi connectivity index (χ3v) is 2.86. The van der Waals surface area contributed by atoms with Gasteiger partial charge in [-0.2, -0.15) is 0 Å². The average molecular weight is 273 g/mol. The SMILES string of the molecule is CCCCNc1ccc(C(=O)NCc2ccco2)nc1. The molecule has 0 fully saturated rings. The minimum absolute atomic E-state index is 0.207. The number of furan rings is 1. The number of rotatable bonds is 7. The van der Waals surface area contributed by atoms with E-state index in [0.29, 0.717) is 12.2 Å². The maximum absolute atomic E-state index is 11.9. The quantitative estimate of drug-likeness (QED) is 0.761. The second kappa shape index (κ2) is 7.33. The van der Waals surface area contributed by atoms with Gasteiger partial charge in [-0.1, -0.05) is 13.3 Å². The van der Waals surface area contributed by atoms with Gasteiger partial charge in [-0.15, -0.1) is 0 Å². The molecule has 5 heteroatoms. The first-order chi connectivity index (χ1) is 9.79. The lowest BCUT2D eigenvalue weighted by atomic mass is 10.3. The van der Waals surface area contributed by atoms with E-state index >= 15 is 0 Å². The molecule has 0 aromatic carbocycles. The molecule has 0 bridgehead atoms.